The van der Waals surface area contributed by atoms with Crippen LogP contribution >= 0.6 is 0 Å². The number of ether oxygens (including phenoxy) is 1. The molecule has 90 valence electrons. The van der Waals surface area contributed by atoms with E-state index in [4.69, 9.17) is 4.74 Å². The number of carbonyl (C=O) groups excluding carboxylic acids is 2. The second-order valence-electron chi connectivity index (χ2n) is 5.93. The van der Waals surface area contributed by atoms with Gasteiger partial charge in [-0.3, -0.25) is 0 Å². The molecule has 0 aromatic carbocycles. The maximum absolute atomic E-state index is 11.8. The molecule has 0 aromatic heterocycles. The highest BCUT2D eigenvalue weighted by Crippen LogP contribution is 2.56. The maximum atomic E-state index is 11.8. The monoisotopic (exact) mass is 225 g/mol. The number of hydrogen-bond donors (Lipinski definition) is 0. The predicted molar refractivity (Wildman–Crippen MR) is 59.0 cm³/mol. The Morgan fingerprint density at radius 1 is 1.50 bits per heavy atom. The average molecular weight is 225 g/mol. The van der Waals surface area contributed by atoms with Gasteiger partial charge in [0.2, 0.25) is 0 Å². The SMILES string of the molecule is CC(C)(C)OC(=O)N1CCC2(C=O)CC2C1. The zero-order chi connectivity index (χ0) is 12.0. The Kier molecular flexibility index (Phi) is 2.48. The molecule has 2 unspecified atom stereocenters. The average Bonchev–Trinajstić information content (AvgIpc) is 2.88. The molecule has 1 saturated carbocycles. The molecule has 1 amide bonds. The summed E-state index contributed by atoms with van der Waals surface area (Å²) in [4.78, 5) is 24.4. The van der Waals surface area contributed by atoms with E-state index in [-0.39, 0.29) is 11.5 Å². The summed E-state index contributed by atoms with van der Waals surface area (Å²) in [6.45, 7) is 6.91. The van der Waals surface area contributed by atoms with Gasteiger partial charge in [-0.15, -0.1) is 0 Å². The van der Waals surface area contributed by atoms with Crippen molar-refractivity contribution in [3.63, 3.8) is 0 Å². The number of hydrogen-bond acceptors (Lipinski definition) is 3. The number of carbonyl (C=O) groups is 2. The number of piperidine rings is 1. The van der Waals surface area contributed by atoms with E-state index in [1.54, 1.807) is 4.90 Å². The van der Waals surface area contributed by atoms with Gasteiger partial charge in [0.15, 0.2) is 0 Å². The summed E-state index contributed by atoms with van der Waals surface area (Å²) < 4.78 is 5.31. The van der Waals surface area contributed by atoms with Crippen molar-refractivity contribution in [1.82, 2.24) is 4.90 Å². The highest BCUT2D eigenvalue weighted by Gasteiger charge is 2.57. The van der Waals surface area contributed by atoms with Crippen LogP contribution in [0.25, 0.3) is 0 Å². The van der Waals surface area contributed by atoms with E-state index < -0.39 is 5.60 Å². The maximum Gasteiger partial charge on any atom is 0.410 e. The zero-order valence-electron chi connectivity index (χ0n) is 10.2. The molecular formula is C12H19NO3. The second kappa shape index (κ2) is 3.47. The van der Waals surface area contributed by atoms with Crippen molar-refractivity contribution in [2.75, 3.05) is 13.1 Å². The lowest BCUT2D eigenvalue weighted by Crippen LogP contribution is -2.42. The minimum absolute atomic E-state index is 0.0987. The van der Waals surface area contributed by atoms with Gasteiger partial charge in [-0.25, -0.2) is 4.79 Å². The van der Waals surface area contributed by atoms with Gasteiger partial charge in [-0.2, -0.15) is 0 Å². The number of likely N-dealkylation sites (tertiary alicyclic amines) is 1. The van der Waals surface area contributed by atoms with E-state index in [0.29, 0.717) is 19.0 Å². The largest absolute Gasteiger partial charge is 0.444 e. The summed E-state index contributed by atoms with van der Waals surface area (Å²) in [5.74, 6) is 0.367. The van der Waals surface area contributed by atoms with Gasteiger partial charge < -0.3 is 14.4 Å². The first-order valence-electron chi connectivity index (χ1n) is 5.81. The first-order chi connectivity index (χ1) is 7.36. The summed E-state index contributed by atoms with van der Waals surface area (Å²) in [6.07, 6.45) is 2.55. The number of amides is 1. The Balaban J connectivity index is 1.90. The van der Waals surface area contributed by atoms with Gasteiger partial charge in [-0.1, -0.05) is 0 Å². The molecular weight excluding hydrogens is 206 g/mol. The van der Waals surface area contributed by atoms with Crippen LogP contribution < -0.4 is 0 Å². The standard InChI is InChI=1S/C12H19NO3/c1-11(2,3)16-10(15)13-5-4-12(8-14)6-9(12)7-13/h8-9H,4-7H2,1-3H3. The molecule has 2 fully saturated rings. The van der Waals surface area contributed by atoms with Gasteiger partial charge >= 0.3 is 6.09 Å². The number of rotatable bonds is 1. The second-order valence-corrected chi connectivity index (χ2v) is 5.93. The minimum atomic E-state index is -0.445. The molecule has 1 aliphatic heterocycles. The molecule has 1 saturated heterocycles. The zero-order valence-corrected chi connectivity index (χ0v) is 10.2. The highest BCUT2D eigenvalue weighted by molar-refractivity contribution is 5.71. The molecule has 4 nitrogen and oxygen atoms in total. The van der Waals surface area contributed by atoms with E-state index in [2.05, 4.69) is 0 Å². The van der Waals surface area contributed by atoms with Gasteiger partial charge in [0, 0.05) is 18.5 Å². The van der Waals surface area contributed by atoms with E-state index in [0.717, 1.165) is 19.1 Å². The molecule has 1 aliphatic carbocycles. The lowest BCUT2D eigenvalue weighted by atomic mass is 9.97. The lowest BCUT2D eigenvalue weighted by Gasteiger charge is -2.31. The number of fused-ring (bicyclic) bond motifs is 1. The van der Waals surface area contributed by atoms with Crippen molar-refractivity contribution in [3.8, 4) is 0 Å². The van der Waals surface area contributed by atoms with Crippen LogP contribution in [0.1, 0.15) is 33.6 Å². The topological polar surface area (TPSA) is 46.6 Å². The number of nitrogens with zero attached hydrogens (tertiary/aromatic N) is 1. The highest BCUT2D eigenvalue weighted by atomic mass is 16.6. The van der Waals surface area contributed by atoms with Crippen molar-refractivity contribution in [3.05, 3.63) is 0 Å². The summed E-state index contributed by atoms with van der Waals surface area (Å²) in [6, 6.07) is 0. The van der Waals surface area contributed by atoms with Crippen molar-refractivity contribution < 1.29 is 14.3 Å². The Hall–Kier alpha value is -1.06. The molecule has 0 spiro atoms. The van der Waals surface area contributed by atoms with E-state index in [1.807, 2.05) is 20.8 Å². The molecule has 0 N–H and O–H groups in total. The molecule has 1 heterocycles. The van der Waals surface area contributed by atoms with Crippen LogP contribution in [0.3, 0.4) is 0 Å². The fourth-order valence-electron chi connectivity index (χ4n) is 2.35. The number of aldehydes is 1. The smallest absolute Gasteiger partial charge is 0.410 e. The Morgan fingerprint density at radius 2 is 2.19 bits per heavy atom. The molecule has 0 bridgehead atoms. The molecule has 16 heavy (non-hydrogen) atoms. The Labute approximate surface area is 95.9 Å². The molecule has 2 atom stereocenters. The van der Waals surface area contributed by atoms with Gasteiger partial charge in [0.05, 0.1) is 0 Å². The molecule has 2 aliphatic rings. The third-order valence-electron chi connectivity index (χ3n) is 3.45. The third kappa shape index (κ3) is 2.06. The summed E-state index contributed by atoms with van der Waals surface area (Å²) in [5.41, 5.74) is -0.543. The normalized spacial score (nSPS) is 32.9. The quantitative estimate of drug-likeness (QED) is 0.640. The van der Waals surface area contributed by atoms with Crippen LogP contribution in [-0.4, -0.2) is 36.0 Å². The van der Waals surface area contributed by atoms with Crippen molar-refractivity contribution in [1.29, 1.82) is 0 Å². The summed E-state index contributed by atoms with van der Waals surface area (Å²) in [7, 11) is 0. The van der Waals surface area contributed by atoms with Gasteiger partial charge in [0.1, 0.15) is 11.9 Å². The van der Waals surface area contributed by atoms with Crippen LogP contribution in [-0.2, 0) is 9.53 Å². The van der Waals surface area contributed by atoms with E-state index in [1.165, 1.54) is 0 Å². The molecule has 4 heteroatoms. The fraction of sp³-hybridized carbons (Fsp3) is 0.833. The molecule has 0 aromatic rings. The van der Waals surface area contributed by atoms with Crippen LogP contribution in [0.15, 0.2) is 0 Å². The van der Waals surface area contributed by atoms with E-state index in [9.17, 15) is 9.59 Å². The van der Waals surface area contributed by atoms with Crippen LogP contribution in [0.5, 0.6) is 0 Å². The summed E-state index contributed by atoms with van der Waals surface area (Å²) in [5, 5.41) is 0. The van der Waals surface area contributed by atoms with Crippen LogP contribution in [0, 0.1) is 11.3 Å². The Morgan fingerprint density at radius 3 is 2.69 bits per heavy atom. The van der Waals surface area contributed by atoms with Crippen LogP contribution in [0.4, 0.5) is 4.79 Å². The van der Waals surface area contributed by atoms with Crippen LogP contribution in [0.2, 0.25) is 0 Å². The molecule has 2 rings (SSSR count). The van der Waals surface area contributed by atoms with Crippen molar-refractivity contribution in [2.45, 2.75) is 39.2 Å². The first kappa shape index (κ1) is 11.4. The van der Waals surface area contributed by atoms with Gasteiger partial charge in [-0.05, 0) is 39.5 Å². The summed E-state index contributed by atoms with van der Waals surface area (Å²) >= 11 is 0. The fourth-order valence-corrected chi connectivity index (χ4v) is 2.35. The first-order valence-corrected chi connectivity index (χ1v) is 5.81. The predicted octanol–water partition coefficient (Wildman–Crippen LogP) is 1.83. The van der Waals surface area contributed by atoms with E-state index >= 15 is 0 Å². The van der Waals surface area contributed by atoms with Gasteiger partial charge in [0.25, 0.3) is 0 Å². The van der Waals surface area contributed by atoms with Crippen molar-refractivity contribution in [2.24, 2.45) is 11.3 Å². The minimum Gasteiger partial charge on any atom is -0.444 e. The Bertz CT molecular complexity index is 321. The van der Waals surface area contributed by atoms with Crippen molar-refractivity contribution >= 4 is 12.4 Å². The molecule has 0 radical (unpaired) electrons. The lowest BCUT2D eigenvalue weighted by molar-refractivity contribution is -0.113. The third-order valence-corrected chi connectivity index (χ3v) is 3.45.